The Balaban J connectivity index is 2.33. The number of hydrogen-bond acceptors (Lipinski definition) is 3. The van der Waals surface area contributed by atoms with Crippen molar-refractivity contribution in [2.45, 2.75) is 25.8 Å². The fraction of sp³-hybridized carbons (Fsp3) is 0.778. The summed E-state index contributed by atoms with van der Waals surface area (Å²) in [5.74, 6) is -1.34. The summed E-state index contributed by atoms with van der Waals surface area (Å²) in [6.07, 6.45) is 1.91. The van der Waals surface area contributed by atoms with Gasteiger partial charge in [0, 0.05) is 12.5 Å². The van der Waals surface area contributed by atoms with Gasteiger partial charge in [-0.1, -0.05) is 6.92 Å². The molecule has 80 valence electrons. The Morgan fingerprint density at radius 3 is 2.50 bits per heavy atom. The molecule has 0 aliphatic heterocycles. The Bertz CT molecular complexity index is 238. The highest BCUT2D eigenvalue weighted by molar-refractivity contribution is 5.77. The van der Waals surface area contributed by atoms with E-state index in [1.807, 2.05) is 0 Å². The average Bonchev–Trinajstić information content (AvgIpc) is 2.87. The number of hydrogen-bond donors (Lipinski definition) is 3. The first-order valence-corrected chi connectivity index (χ1v) is 4.78. The van der Waals surface area contributed by atoms with Crippen molar-refractivity contribution in [1.82, 2.24) is 5.32 Å². The maximum atomic E-state index is 10.8. The van der Waals surface area contributed by atoms with Gasteiger partial charge in [0.05, 0.1) is 0 Å². The van der Waals surface area contributed by atoms with Gasteiger partial charge < -0.3 is 16.2 Å². The number of carbonyl (C=O) groups excluding carboxylic acids is 1. The Hall–Kier alpha value is -1.10. The topological polar surface area (TPSA) is 92.4 Å². The van der Waals surface area contributed by atoms with Crippen molar-refractivity contribution in [3.8, 4) is 0 Å². The van der Waals surface area contributed by atoms with E-state index < -0.39 is 17.9 Å². The van der Waals surface area contributed by atoms with Gasteiger partial charge in [0.25, 0.3) is 0 Å². The summed E-state index contributed by atoms with van der Waals surface area (Å²) in [6.45, 7) is 2.02. The van der Waals surface area contributed by atoms with E-state index in [1.54, 1.807) is 6.92 Å². The lowest BCUT2D eigenvalue weighted by atomic mass is 10.1. The molecule has 1 aliphatic carbocycles. The second kappa shape index (κ2) is 4.41. The number of aliphatic carboxylic acids is 1. The number of carboxylic acid groups (broad SMARTS) is 1. The Morgan fingerprint density at radius 1 is 1.57 bits per heavy atom. The van der Waals surface area contributed by atoms with E-state index in [9.17, 15) is 9.59 Å². The Morgan fingerprint density at radius 2 is 2.14 bits per heavy atom. The van der Waals surface area contributed by atoms with E-state index >= 15 is 0 Å². The minimum absolute atomic E-state index is 0.229. The lowest BCUT2D eigenvalue weighted by Crippen LogP contribution is -2.42. The molecule has 1 amide bonds. The van der Waals surface area contributed by atoms with Gasteiger partial charge in [-0.25, -0.2) is 0 Å². The molecule has 2 atom stereocenters. The monoisotopic (exact) mass is 200 g/mol. The fourth-order valence-electron chi connectivity index (χ4n) is 1.29. The van der Waals surface area contributed by atoms with Crippen LogP contribution in [-0.2, 0) is 9.59 Å². The lowest BCUT2D eigenvalue weighted by molar-refractivity contribution is -0.140. The molecule has 5 heteroatoms. The van der Waals surface area contributed by atoms with Crippen LogP contribution in [0.15, 0.2) is 0 Å². The summed E-state index contributed by atoms with van der Waals surface area (Å²) in [5, 5.41) is 11.7. The van der Waals surface area contributed by atoms with Crippen molar-refractivity contribution in [3.05, 3.63) is 0 Å². The van der Waals surface area contributed by atoms with Crippen LogP contribution >= 0.6 is 0 Å². The van der Waals surface area contributed by atoms with Crippen LogP contribution in [0.25, 0.3) is 0 Å². The van der Waals surface area contributed by atoms with Crippen LogP contribution in [-0.4, -0.2) is 29.6 Å². The van der Waals surface area contributed by atoms with Crippen molar-refractivity contribution in [3.63, 3.8) is 0 Å². The van der Waals surface area contributed by atoms with Crippen LogP contribution in [0.1, 0.15) is 19.8 Å². The van der Waals surface area contributed by atoms with Crippen LogP contribution < -0.4 is 11.1 Å². The first-order chi connectivity index (χ1) is 6.52. The number of amides is 1. The summed E-state index contributed by atoms with van der Waals surface area (Å²) >= 11 is 0. The third-order valence-electron chi connectivity index (χ3n) is 2.49. The van der Waals surface area contributed by atoms with Gasteiger partial charge in [-0.2, -0.15) is 0 Å². The molecule has 4 N–H and O–H groups in total. The van der Waals surface area contributed by atoms with Gasteiger partial charge in [-0.3, -0.25) is 9.59 Å². The average molecular weight is 200 g/mol. The molecule has 2 unspecified atom stereocenters. The number of carboxylic acids is 1. The van der Waals surface area contributed by atoms with Crippen molar-refractivity contribution < 1.29 is 14.7 Å². The van der Waals surface area contributed by atoms with Gasteiger partial charge in [0.2, 0.25) is 5.91 Å². The van der Waals surface area contributed by atoms with Gasteiger partial charge in [-0.15, -0.1) is 0 Å². The molecule has 0 aromatic rings. The zero-order chi connectivity index (χ0) is 10.7. The van der Waals surface area contributed by atoms with Crippen LogP contribution in [0, 0.1) is 11.8 Å². The lowest BCUT2D eigenvalue weighted by Gasteiger charge is -2.15. The second-order valence-electron chi connectivity index (χ2n) is 3.87. The van der Waals surface area contributed by atoms with E-state index in [1.165, 1.54) is 0 Å². The largest absolute Gasteiger partial charge is 0.480 e. The van der Waals surface area contributed by atoms with Crippen molar-refractivity contribution >= 4 is 11.9 Å². The van der Waals surface area contributed by atoms with Crippen molar-refractivity contribution in [2.75, 3.05) is 6.54 Å². The zero-order valence-corrected chi connectivity index (χ0v) is 8.19. The molecular weight excluding hydrogens is 184 g/mol. The smallest absolute Gasteiger partial charge is 0.320 e. The number of primary amides is 1. The molecule has 0 spiro atoms. The van der Waals surface area contributed by atoms with E-state index in [-0.39, 0.29) is 11.8 Å². The molecule has 1 rings (SSSR count). The molecule has 14 heavy (non-hydrogen) atoms. The second-order valence-corrected chi connectivity index (χ2v) is 3.87. The van der Waals surface area contributed by atoms with Crippen molar-refractivity contribution in [2.24, 2.45) is 17.6 Å². The van der Waals surface area contributed by atoms with Gasteiger partial charge in [0.15, 0.2) is 0 Å². The third-order valence-corrected chi connectivity index (χ3v) is 2.49. The SMILES string of the molecule is CC(CNC(C(=O)O)C1CC1)C(N)=O. The molecule has 1 aliphatic rings. The molecular formula is C9H16N2O3. The van der Waals surface area contributed by atoms with Crippen molar-refractivity contribution in [1.29, 1.82) is 0 Å². The number of carbonyl (C=O) groups is 2. The highest BCUT2D eigenvalue weighted by atomic mass is 16.4. The normalized spacial score (nSPS) is 20.1. The predicted octanol–water partition coefficient (Wildman–Crippen LogP) is -0.439. The maximum Gasteiger partial charge on any atom is 0.320 e. The highest BCUT2D eigenvalue weighted by Crippen LogP contribution is 2.32. The van der Waals surface area contributed by atoms with Gasteiger partial charge in [-0.05, 0) is 18.8 Å². The molecule has 1 fully saturated rings. The predicted molar refractivity (Wildman–Crippen MR) is 50.5 cm³/mol. The van der Waals surface area contributed by atoms with E-state index in [4.69, 9.17) is 10.8 Å². The molecule has 0 aromatic carbocycles. The standard InChI is InChI=1S/C9H16N2O3/c1-5(8(10)12)4-11-7(9(13)14)6-2-3-6/h5-7,11H,2-4H2,1H3,(H2,10,12)(H,13,14). The molecule has 0 bridgehead atoms. The van der Waals surface area contributed by atoms with Crippen LogP contribution in [0.2, 0.25) is 0 Å². The van der Waals surface area contributed by atoms with E-state index in [2.05, 4.69) is 5.32 Å². The van der Waals surface area contributed by atoms with E-state index in [0.717, 1.165) is 12.8 Å². The van der Waals surface area contributed by atoms with Crippen LogP contribution in [0.5, 0.6) is 0 Å². The highest BCUT2D eigenvalue weighted by Gasteiger charge is 2.36. The maximum absolute atomic E-state index is 10.8. The molecule has 0 radical (unpaired) electrons. The van der Waals surface area contributed by atoms with E-state index in [0.29, 0.717) is 6.54 Å². The minimum Gasteiger partial charge on any atom is -0.480 e. The first-order valence-electron chi connectivity index (χ1n) is 4.78. The van der Waals surface area contributed by atoms with Gasteiger partial charge in [0.1, 0.15) is 6.04 Å². The number of nitrogens with two attached hydrogens (primary N) is 1. The minimum atomic E-state index is -0.843. The molecule has 0 aromatic heterocycles. The molecule has 1 saturated carbocycles. The van der Waals surface area contributed by atoms with Crippen LogP contribution in [0.3, 0.4) is 0 Å². The van der Waals surface area contributed by atoms with Gasteiger partial charge >= 0.3 is 5.97 Å². The summed E-state index contributed by atoms with van der Waals surface area (Å²) in [7, 11) is 0. The zero-order valence-electron chi connectivity index (χ0n) is 8.19. The Labute approximate surface area is 82.7 Å². The Kier molecular flexibility index (Phi) is 3.46. The third kappa shape index (κ3) is 2.99. The molecule has 0 saturated heterocycles. The number of rotatable bonds is 6. The number of nitrogens with one attached hydrogen (secondary N) is 1. The fourth-order valence-corrected chi connectivity index (χ4v) is 1.29. The summed E-state index contributed by atoms with van der Waals surface area (Å²) in [4.78, 5) is 21.5. The summed E-state index contributed by atoms with van der Waals surface area (Å²) in [5.41, 5.74) is 5.06. The summed E-state index contributed by atoms with van der Waals surface area (Å²) in [6, 6.07) is -0.517. The quantitative estimate of drug-likeness (QED) is 0.542. The molecule has 0 heterocycles. The van der Waals surface area contributed by atoms with Crippen LogP contribution in [0.4, 0.5) is 0 Å². The first kappa shape index (κ1) is 11.0. The molecule has 5 nitrogen and oxygen atoms in total. The summed E-state index contributed by atoms with van der Waals surface area (Å²) < 4.78 is 0.